The quantitative estimate of drug-likeness (QED) is 0.719. The van der Waals surface area contributed by atoms with E-state index in [2.05, 4.69) is 19.9 Å². The fourth-order valence-electron chi connectivity index (χ4n) is 3.76. The Labute approximate surface area is 151 Å². The van der Waals surface area contributed by atoms with E-state index in [1.165, 1.54) is 0 Å². The van der Waals surface area contributed by atoms with Crippen molar-refractivity contribution in [3.63, 3.8) is 0 Å². The second-order valence-electron chi connectivity index (χ2n) is 7.20. The van der Waals surface area contributed by atoms with Crippen LogP contribution in [0.1, 0.15) is 57.1 Å². The highest BCUT2D eigenvalue weighted by molar-refractivity contribution is 5.76. The van der Waals surface area contributed by atoms with E-state index >= 15 is 0 Å². The zero-order chi connectivity index (χ0) is 18.4. The van der Waals surface area contributed by atoms with Gasteiger partial charge in [0.2, 0.25) is 0 Å². The molecule has 4 nitrogen and oxygen atoms in total. The van der Waals surface area contributed by atoms with Crippen LogP contribution in [0.5, 0.6) is 0 Å². The summed E-state index contributed by atoms with van der Waals surface area (Å²) >= 11 is 0. The van der Waals surface area contributed by atoms with Crippen LogP contribution in [0.2, 0.25) is 0 Å². The number of carbonyl (C=O) groups is 1. The molecular formula is C21H29NO3. The van der Waals surface area contributed by atoms with E-state index in [1.54, 1.807) is 6.92 Å². The second kappa shape index (κ2) is 8.49. The Morgan fingerprint density at radius 2 is 2.08 bits per heavy atom. The van der Waals surface area contributed by atoms with Gasteiger partial charge in [-0.1, -0.05) is 36.8 Å². The van der Waals surface area contributed by atoms with Gasteiger partial charge in [-0.3, -0.25) is 4.79 Å². The van der Waals surface area contributed by atoms with Crippen molar-refractivity contribution in [1.82, 2.24) is 0 Å². The summed E-state index contributed by atoms with van der Waals surface area (Å²) in [5, 5.41) is 9.75. The minimum absolute atomic E-state index is 0.167. The molecule has 0 radical (unpaired) electrons. The summed E-state index contributed by atoms with van der Waals surface area (Å²) < 4.78 is 11.2. The van der Waals surface area contributed by atoms with Crippen molar-refractivity contribution in [2.75, 3.05) is 13.2 Å². The average molecular weight is 343 g/mol. The zero-order valence-corrected chi connectivity index (χ0v) is 15.7. The molecule has 1 aromatic rings. The molecule has 0 N–H and O–H groups in total. The standard InChI is InChI=1S/C21H29NO3/c1-5-21(4)13-17(11-12-25-21)19(16-9-7-15(3)8-10-16)18(14-22)20(23)24-6-2/h7-10,17-19H,5-6,11-13H2,1-4H3/t17-,18-,19-,21+/m1/s1. The molecule has 1 saturated heterocycles. The third-order valence-corrected chi connectivity index (χ3v) is 5.39. The van der Waals surface area contributed by atoms with E-state index in [-0.39, 0.29) is 24.0 Å². The first-order valence-corrected chi connectivity index (χ1v) is 9.21. The van der Waals surface area contributed by atoms with Crippen LogP contribution in [0.15, 0.2) is 24.3 Å². The van der Waals surface area contributed by atoms with E-state index in [1.807, 2.05) is 31.2 Å². The van der Waals surface area contributed by atoms with Crippen molar-refractivity contribution in [3.05, 3.63) is 35.4 Å². The third-order valence-electron chi connectivity index (χ3n) is 5.39. The molecule has 0 aromatic heterocycles. The summed E-state index contributed by atoms with van der Waals surface area (Å²) in [7, 11) is 0. The number of hydrogen-bond acceptors (Lipinski definition) is 4. The first kappa shape index (κ1) is 19.5. The Bertz CT molecular complexity index is 619. The van der Waals surface area contributed by atoms with Crippen LogP contribution in [-0.4, -0.2) is 24.8 Å². The molecule has 0 saturated carbocycles. The first-order chi connectivity index (χ1) is 11.9. The molecule has 4 atom stereocenters. The normalized spacial score (nSPS) is 25.6. The highest BCUT2D eigenvalue weighted by Gasteiger charge is 2.42. The van der Waals surface area contributed by atoms with E-state index in [9.17, 15) is 10.1 Å². The minimum atomic E-state index is -0.785. The number of benzene rings is 1. The Balaban J connectivity index is 2.39. The summed E-state index contributed by atoms with van der Waals surface area (Å²) in [6, 6.07) is 10.4. The molecule has 0 aliphatic carbocycles. The molecular weight excluding hydrogens is 314 g/mol. The highest BCUT2D eigenvalue weighted by Crippen LogP contribution is 2.43. The molecule has 0 unspecified atom stereocenters. The van der Waals surface area contributed by atoms with Gasteiger partial charge in [-0.25, -0.2) is 0 Å². The molecule has 1 aliphatic heterocycles. The maximum Gasteiger partial charge on any atom is 0.323 e. The Hall–Kier alpha value is -1.86. The minimum Gasteiger partial charge on any atom is -0.465 e. The van der Waals surface area contributed by atoms with Crippen LogP contribution in [-0.2, 0) is 14.3 Å². The molecule has 0 amide bonds. The molecule has 1 heterocycles. The van der Waals surface area contributed by atoms with E-state index in [4.69, 9.17) is 9.47 Å². The highest BCUT2D eigenvalue weighted by atomic mass is 16.5. The number of carbonyl (C=O) groups excluding carboxylic acids is 1. The number of ether oxygens (including phenoxy) is 2. The van der Waals surface area contributed by atoms with Crippen LogP contribution in [0.4, 0.5) is 0 Å². The predicted molar refractivity (Wildman–Crippen MR) is 97.0 cm³/mol. The van der Waals surface area contributed by atoms with Gasteiger partial charge in [-0.05, 0) is 51.5 Å². The van der Waals surface area contributed by atoms with Gasteiger partial charge in [0.05, 0.1) is 18.3 Å². The number of esters is 1. The molecule has 1 aliphatic rings. The van der Waals surface area contributed by atoms with Gasteiger partial charge in [0.15, 0.2) is 5.92 Å². The summed E-state index contributed by atoms with van der Waals surface area (Å²) in [5.74, 6) is -1.15. The monoisotopic (exact) mass is 343 g/mol. The maximum atomic E-state index is 12.5. The molecule has 0 bridgehead atoms. The lowest BCUT2D eigenvalue weighted by Gasteiger charge is -2.41. The van der Waals surface area contributed by atoms with Crippen molar-refractivity contribution in [3.8, 4) is 6.07 Å². The van der Waals surface area contributed by atoms with Gasteiger partial charge in [-0.15, -0.1) is 0 Å². The van der Waals surface area contributed by atoms with Gasteiger partial charge in [-0.2, -0.15) is 5.26 Å². The van der Waals surface area contributed by atoms with E-state index in [0.29, 0.717) is 6.61 Å². The topological polar surface area (TPSA) is 59.3 Å². The molecule has 2 rings (SSSR count). The summed E-state index contributed by atoms with van der Waals surface area (Å²) in [6.07, 6.45) is 2.62. The fraction of sp³-hybridized carbons (Fsp3) is 0.619. The van der Waals surface area contributed by atoms with Crippen molar-refractivity contribution in [1.29, 1.82) is 5.26 Å². The molecule has 1 aromatic carbocycles. The maximum absolute atomic E-state index is 12.5. The van der Waals surface area contributed by atoms with Crippen LogP contribution in [0.3, 0.4) is 0 Å². The van der Waals surface area contributed by atoms with Crippen molar-refractivity contribution in [2.24, 2.45) is 11.8 Å². The largest absolute Gasteiger partial charge is 0.465 e. The van der Waals surface area contributed by atoms with E-state index < -0.39 is 11.9 Å². The molecule has 136 valence electrons. The van der Waals surface area contributed by atoms with Crippen LogP contribution >= 0.6 is 0 Å². The van der Waals surface area contributed by atoms with E-state index in [0.717, 1.165) is 30.4 Å². The average Bonchev–Trinajstić information content (AvgIpc) is 2.61. The van der Waals surface area contributed by atoms with Gasteiger partial charge in [0, 0.05) is 12.5 Å². The van der Waals surface area contributed by atoms with Crippen LogP contribution < -0.4 is 0 Å². The lowest BCUT2D eigenvalue weighted by Crippen LogP contribution is -2.40. The number of aryl methyl sites for hydroxylation is 1. The number of nitrogens with zero attached hydrogens (tertiary/aromatic N) is 1. The first-order valence-electron chi connectivity index (χ1n) is 9.21. The third kappa shape index (κ3) is 4.61. The van der Waals surface area contributed by atoms with Gasteiger partial charge in [0.1, 0.15) is 0 Å². The summed E-state index contributed by atoms with van der Waals surface area (Å²) in [4.78, 5) is 12.5. The summed E-state index contributed by atoms with van der Waals surface area (Å²) in [5.41, 5.74) is 2.01. The number of nitriles is 1. The molecule has 0 spiro atoms. The smallest absolute Gasteiger partial charge is 0.323 e. The van der Waals surface area contributed by atoms with Crippen LogP contribution in [0.25, 0.3) is 0 Å². The van der Waals surface area contributed by atoms with Gasteiger partial charge >= 0.3 is 5.97 Å². The molecule has 1 fully saturated rings. The fourth-order valence-corrected chi connectivity index (χ4v) is 3.76. The lowest BCUT2D eigenvalue weighted by molar-refractivity contribution is -0.148. The van der Waals surface area contributed by atoms with Crippen molar-refractivity contribution < 1.29 is 14.3 Å². The number of rotatable bonds is 6. The lowest BCUT2D eigenvalue weighted by atomic mass is 9.70. The predicted octanol–water partition coefficient (Wildman–Crippen LogP) is 4.38. The Kier molecular flexibility index (Phi) is 6.61. The zero-order valence-electron chi connectivity index (χ0n) is 15.7. The van der Waals surface area contributed by atoms with Gasteiger partial charge < -0.3 is 9.47 Å². The molecule has 25 heavy (non-hydrogen) atoms. The molecule has 4 heteroatoms. The van der Waals surface area contributed by atoms with Crippen molar-refractivity contribution in [2.45, 2.75) is 58.5 Å². The summed E-state index contributed by atoms with van der Waals surface area (Å²) in [6.45, 7) is 9.01. The van der Waals surface area contributed by atoms with Gasteiger partial charge in [0.25, 0.3) is 0 Å². The SMILES string of the molecule is CCOC(=O)[C@H](C#N)[C@H](c1ccc(C)cc1)[C@@H]1CCO[C@@](C)(CC)C1. The van der Waals surface area contributed by atoms with Crippen molar-refractivity contribution >= 4 is 5.97 Å². The Morgan fingerprint density at radius 1 is 1.40 bits per heavy atom. The second-order valence-corrected chi connectivity index (χ2v) is 7.20. The number of hydrogen-bond donors (Lipinski definition) is 0. The Morgan fingerprint density at radius 3 is 2.64 bits per heavy atom. The van der Waals surface area contributed by atoms with Crippen LogP contribution in [0, 0.1) is 30.1 Å².